The highest BCUT2D eigenvalue weighted by molar-refractivity contribution is 6.01. The molecule has 3 unspecified atom stereocenters. The molecule has 0 spiro atoms. The molecule has 8 rings (SSSR count). The van der Waals surface area contributed by atoms with Crippen LogP contribution in [0.4, 0.5) is 0 Å². The molecule has 0 amide bonds. The number of nitrogens with two attached hydrogens (primary N) is 1. The van der Waals surface area contributed by atoms with Crippen LogP contribution >= 0.6 is 0 Å². The van der Waals surface area contributed by atoms with Gasteiger partial charge in [0.05, 0.1) is 23.9 Å². The van der Waals surface area contributed by atoms with Gasteiger partial charge in [0.1, 0.15) is 18.0 Å². The number of rotatable bonds is 12. The van der Waals surface area contributed by atoms with Crippen LogP contribution in [0.5, 0.6) is 0 Å². The highest BCUT2D eigenvalue weighted by atomic mass is 16.5. The van der Waals surface area contributed by atoms with Gasteiger partial charge < -0.3 is 25.4 Å². The molecule has 4 saturated carbocycles. The standard InChI is InChI=1S/C46H50N2O9/c1-44-14-11-32(49)19-31(44)9-10-33-37-12-15-46(55,45(37,2)21-39(51)41(33)44)40(52)25-57-43(54)35-20-34(35)42(53)56-24-26-3-6-28(7-4-26)36(22-47)38(50)18-27-5-8-30-23-48-16-13-29(30)17-27/h3-8,11,13-14,16-17,19,23,33-37,39,41,51,55H,9-10,12,15,18,20-22,24-25,47H2,1-2H3/t33-,34?,35?,36?,37-,39-,41+,44-,45-,46-/m0/s1. The van der Waals surface area contributed by atoms with Crippen LogP contribution in [0.2, 0.25) is 0 Å². The van der Waals surface area contributed by atoms with Gasteiger partial charge in [0.25, 0.3) is 0 Å². The number of carbonyl (C=O) groups is 5. The lowest BCUT2D eigenvalue weighted by atomic mass is 9.46. The molecule has 0 saturated heterocycles. The first-order chi connectivity index (χ1) is 27.3. The summed E-state index contributed by atoms with van der Waals surface area (Å²) in [7, 11) is 0. The number of Topliss-reactive ketones (excluding diaryl/α,β-unsaturated/α-hetero) is 2. The second-order valence-electron chi connectivity index (χ2n) is 17.4. The Labute approximate surface area is 331 Å². The molecule has 0 aliphatic heterocycles. The number of hydrogen-bond donors (Lipinski definition) is 3. The van der Waals surface area contributed by atoms with Gasteiger partial charge in [-0.15, -0.1) is 0 Å². The number of ketones is 3. The zero-order valence-electron chi connectivity index (χ0n) is 32.4. The molecule has 298 valence electrons. The van der Waals surface area contributed by atoms with Crippen LogP contribution in [0.25, 0.3) is 10.8 Å². The molecule has 11 nitrogen and oxygen atoms in total. The summed E-state index contributed by atoms with van der Waals surface area (Å²) < 4.78 is 10.9. The first-order valence-electron chi connectivity index (χ1n) is 20.1. The quantitative estimate of drug-likeness (QED) is 0.213. The second kappa shape index (κ2) is 14.8. The van der Waals surface area contributed by atoms with Gasteiger partial charge in [-0.3, -0.25) is 29.0 Å². The molecular weight excluding hydrogens is 725 g/mol. The molecule has 10 atom stereocenters. The van der Waals surface area contributed by atoms with Gasteiger partial charge in [0.2, 0.25) is 5.78 Å². The Hall–Kier alpha value is -4.84. The fourth-order valence-electron chi connectivity index (χ4n) is 11.0. The summed E-state index contributed by atoms with van der Waals surface area (Å²) in [5, 5.41) is 25.6. The van der Waals surface area contributed by atoms with E-state index in [-0.39, 0.29) is 68.2 Å². The predicted octanol–water partition coefficient (Wildman–Crippen LogP) is 4.89. The number of carbonyl (C=O) groups excluding carboxylic acids is 5. The zero-order chi connectivity index (χ0) is 40.3. The van der Waals surface area contributed by atoms with Crippen LogP contribution < -0.4 is 5.73 Å². The van der Waals surface area contributed by atoms with Crippen molar-refractivity contribution in [3.8, 4) is 0 Å². The van der Waals surface area contributed by atoms with E-state index in [1.54, 1.807) is 36.7 Å². The molecule has 3 aromatic rings. The molecule has 0 bridgehead atoms. The van der Waals surface area contributed by atoms with Gasteiger partial charge in [0.15, 0.2) is 12.4 Å². The lowest BCUT2D eigenvalue weighted by Crippen LogP contribution is -2.61. The van der Waals surface area contributed by atoms with Crippen molar-refractivity contribution in [2.45, 2.75) is 83.0 Å². The highest BCUT2D eigenvalue weighted by Crippen LogP contribution is 2.67. The van der Waals surface area contributed by atoms with Crippen LogP contribution in [0.3, 0.4) is 0 Å². The van der Waals surface area contributed by atoms with Crippen molar-refractivity contribution in [2.24, 2.45) is 46.2 Å². The molecule has 5 aliphatic carbocycles. The van der Waals surface area contributed by atoms with Crippen LogP contribution in [-0.2, 0) is 46.5 Å². The number of pyridine rings is 1. The minimum absolute atomic E-state index is 0.00258. The molecule has 1 aromatic heterocycles. The molecule has 11 heteroatoms. The topological polar surface area (TPSA) is 183 Å². The van der Waals surface area contributed by atoms with Gasteiger partial charge in [-0.1, -0.05) is 68.0 Å². The Morgan fingerprint density at radius 1 is 0.965 bits per heavy atom. The zero-order valence-corrected chi connectivity index (χ0v) is 32.4. The number of aromatic nitrogens is 1. The SMILES string of the molecule is C[C@]12C=CC(=O)C=C1CC[C@@H]1[C@@H]2[C@@H](O)C[C@@]2(C)[C@H]1CC[C@]2(O)C(=O)COC(=O)C1CC1C(=O)OCc1ccc(C(CN)C(=O)Cc2ccc3cnccc3c2)cc1. The molecule has 4 N–H and O–H groups in total. The Morgan fingerprint density at radius 3 is 2.46 bits per heavy atom. The predicted molar refractivity (Wildman–Crippen MR) is 209 cm³/mol. The van der Waals surface area contributed by atoms with E-state index in [4.69, 9.17) is 15.2 Å². The summed E-state index contributed by atoms with van der Waals surface area (Å²) in [4.78, 5) is 69.1. The van der Waals surface area contributed by atoms with Crippen LogP contribution in [0, 0.1) is 40.4 Å². The van der Waals surface area contributed by atoms with Crippen molar-refractivity contribution >= 4 is 40.1 Å². The van der Waals surface area contributed by atoms with E-state index >= 15 is 0 Å². The molecule has 57 heavy (non-hydrogen) atoms. The second-order valence-corrected chi connectivity index (χ2v) is 17.4. The number of nitrogens with zero attached hydrogens (tertiary/aromatic N) is 1. The Morgan fingerprint density at radius 2 is 1.70 bits per heavy atom. The molecule has 1 heterocycles. The summed E-state index contributed by atoms with van der Waals surface area (Å²) in [6, 6.07) is 15.0. The van der Waals surface area contributed by atoms with E-state index < -0.39 is 64.6 Å². The van der Waals surface area contributed by atoms with Gasteiger partial charge >= 0.3 is 11.9 Å². The number of fused-ring (bicyclic) bond motifs is 6. The maximum atomic E-state index is 13.7. The number of esters is 2. The van der Waals surface area contributed by atoms with E-state index in [0.29, 0.717) is 12.0 Å². The van der Waals surface area contributed by atoms with Gasteiger partial charge in [-0.2, -0.15) is 0 Å². The third kappa shape index (κ3) is 6.87. The summed E-state index contributed by atoms with van der Waals surface area (Å²) in [6.07, 6.45) is 10.9. The minimum Gasteiger partial charge on any atom is -0.461 e. The normalized spacial score (nSPS) is 33.0. The third-order valence-electron chi connectivity index (χ3n) is 14.3. The van der Waals surface area contributed by atoms with E-state index in [1.165, 1.54) is 0 Å². The fourth-order valence-corrected chi connectivity index (χ4v) is 11.0. The van der Waals surface area contributed by atoms with Crippen molar-refractivity contribution in [3.05, 3.63) is 101 Å². The molecule has 0 radical (unpaired) electrons. The first kappa shape index (κ1) is 39.0. The smallest absolute Gasteiger partial charge is 0.310 e. The monoisotopic (exact) mass is 774 g/mol. The Balaban J connectivity index is 0.814. The average Bonchev–Trinajstić information content (AvgIpc) is 3.96. The summed E-state index contributed by atoms with van der Waals surface area (Å²) in [5.74, 6) is -3.87. The summed E-state index contributed by atoms with van der Waals surface area (Å²) >= 11 is 0. The van der Waals surface area contributed by atoms with E-state index in [0.717, 1.165) is 40.3 Å². The van der Waals surface area contributed by atoms with E-state index in [1.807, 2.05) is 49.4 Å². The van der Waals surface area contributed by atoms with Crippen LogP contribution in [0.1, 0.15) is 75.0 Å². The number of aliphatic hydroxyl groups is 2. The molecule has 2 aromatic carbocycles. The summed E-state index contributed by atoms with van der Waals surface area (Å²) in [6.45, 7) is 3.47. The molecular formula is C46H50N2O9. The number of ether oxygens (including phenoxy) is 2. The lowest BCUT2D eigenvalue weighted by molar-refractivity contribution is -0.181. The van der Waals surface area contributed by atoms with E-state index in [9.17, 15) is 34.2 Å². The first-order valence-corrected chi connectivity index (χ1v) is 20.1. The van der Waals surface area contributed by atoms with Crippen molar-refractivity contribution in [1.82, 2.24) is 4.98 Å². The maximum Gasteiger partial charge on any atom is 0.310 e. The minimum atomic E-state index is -1.77. The number of hydrogen-bond acceptors (Lipinski definition) is 11. The number of aliphatic hydroxyl groups excluding tert-OH is 1. The van der Waals surface area contributed by atoms with Crippen molar-refractivity contribution < 1.29 is 43.7 Å². The highest BCUT2D eigenvalue weighted by Gasteiger charge is 2.68. The van der Waals surface area contributed by atoms with Crippen LogP contribution in [-0.4, -0.2) is 69.3 Å². The van der Waals surface area contributed by atoms with Gasteiger partial charge in [-0.05, 0) is 90.7 Å². The largest absolute Gasteiger partial charge is 0.461 e. The Kier molecular flexibility index (Phi) is 10.1. The van der Waals surface area contributed by atoms with Crippen molar-refractivity contribution in [1.29, 1.82) is 0 Å². The fraction of sp³-hybridized carbons (Fsp3) is 0.478. The number of benzene rings is 2. The van der Waals surface area contributed by atoms with Gasteiger partial charge in [-0.25, -0.2) is 0 Å². The maximum absolute atomic E-state index is 13.7. The molecule has 4 fully saturated rings. The average molecular weight is 775 g/mol. The van der Waals surface area contributed by atoms with Crippen molar-refractivity contribution in [3.63, 3.8) is 0 Å². The molecule has 5 aliphatic rings. The number of allylic oxidation sites excluding steroid dienone is 4. The van der Waals surface area contributed by atoms with Gasteiger partial charge in [0, 0.05) is 47.5 Å². The summed E-state index contributed by atoms with van der Waals surface area (Å²) in [5.41, 5.74) is 6.30. The van der Waals surface area contributed by atoms with E-state index in [2.05, 4.69) is 11.9 Å². The van der Waals surface area contributed by atoms with Crippen molar-refractivity contribution in [2.75, 3.05) is 13.2 Å². The third-order valence-corrected chi connectivity index (χ3v) is 14.3. The lowest BCUT2D eigenvalue weighted by Gasteiger charge is -2.59. The Bertz CT molecular complexity index is 2200. The van der Waals surface area contributed by atoms with Crippen LogP contribution in [0.15, 0.2) is 84.7 Å².